The molecule has 32 heavy (non-hydrogen) atoms. The first-order valence-corrected chi connectivity index (χ1v) is 11.2. The summed E-state index contributed by atoms with van der Waals surface area (Å²) in [6.45, 7) is 2.43. The Morgan fingerprint density at radius 3 is 2.12 bits per heavy atom. The molecule has 0 saturated carbocycles. The molecule has 0 radical (unpaired) electrons. The minimum absolute atomic E-state index is 0.0942. The molecular weight excluding hydrogens is 391 g/mol. The molecule has 3 aromatic carbocycles. The van der Waals surface area contributed by atoms with Gasteiger partial charge in [-0.05, 0) is 46.3 Å². The summed E-state index contributed by atoms with van der Waals surface area (Å²) in [4.78, 5) is 0. The highest BCUT2D eigenvalue weighted by atomic mass is 16.5. The molecule has 2 atom stereocenters. The molecule has 0 aromatic heterocycles. The Kier molecular flexibility index (Phi) is 3.58. The zero-order valence-electron chi connectivity index (χ0n) is 17.8. The normalized spacial score (nSPS) is 23.2. The van der Waals surface area contributed by atoms with E-state index in [1.54, 1.807) is 0 Å². The maximum atomic E-state index is 6.49. The molecule has 0 N–H and O–H groups in total. The summed E-state index contributed by atoms with van der Waals surface area (Å²) >= 11 is 0. The van der Waals surface area contributed by atoms with Crippen molar-refractivity contribution >= 4 is 23.1 Å². The zero-order valence-corrected chi connectivity index (χ0v) is 17.8. The van der Waals surface area contributed by atoms with Gasteiger partial charge in [-0.3, -0.25) is 0 Å². The summed E-state index contributed by atoms with van der Waals surface area (Å²) in [6.07, 6.45) is 15.5. The molecule has 3 aromatic rings. The standard InChI is InChI=1S/C29H21BO2/c1-29-16-7-6-9-20(29)10-8-11-21(29)19-17-26-28-27(18-19)32-25-15-5-3-13-23(25)30(28)22-12-2-4-14-24(22)31-26/h2-18,21H,1H3. The van der Waals surface area contributed by atoms with Gasteiger partial charge in [-0.2, -0.15) is 0 Å². The van der Waals surface area contributed by atoms with Crippen molar-refractivity contribution in [2.75, 3.05) is 0 Å². The molecule has 0 saturated heterocycles. The Bertz CT molecular complexity index is 1340. The molecule has 0 amide bonds. The minimum atomic E-state index is -0.0942. The van der Waals surface area contributed by atoms with E-state index in [1.165, 1.54) is 22.1 Å². The first-order chi connectivity index (χ1) is 15.7. The Morgan fingerprint density at radius 1 is 0.781 bits per heavy atom. The van der Waals surface area contributed by atoms with E-state index in [0.717, 1.165) is 28.5 Å². The average Bonchev–Trinajstić information content (AvgIpc) is 2.82. The lowest BCUT2D eigenvalue weighted by atomic mass is 9.35. The molecule has 2 aliphatic carbocycles. The first kappa shape index (κ1) is 17.9. The van der Waals surface area contributed by atoms with E-state index >= 15 is 0 Å². The molecule has 0 spiro atoms. The van der Waals surface area contributed by atoms with E-state index < -0.39 is 0 Å². The van der Waals surface area contributed by atoms with E-state index in [2.05, 4.69) is 98.0 Å². The van der Waals surface area contributed by atoms with Crippen molar-refractivity contribution in [1.29, 1.82) is 0 Å². The predicted molar refractivity (Wildman–Crippen MR) is 130 cm³/mol. The molecule has 152 valence electrons. The fraction of sp³-hybridized carbons (Fsp3) is 0.103. The number of benzene rings is 3. The third kappa shape index (κ3) is 2.37. The summed E-state index contributed by atoms with van der Waals surface area (Å²) in [5.74, 6) is 3.86. The summed E-state index contributed by atoms with van der Waals surface area (Å²) in [7, 11) is 0. The van der Waals surface area contributed by atoms with Gasteiger partial charge < -0.3 is 9.47 Å². The number of hydrogen-bond acceptors (Lipinski definition) is 2. The summed E-state index contributed by atoms with van der Waals surface area (Å²) < 4.78 is 13.0. The van der Waals surface area contributed by atoms with Gasteiger partial charge in [0.15, 0.2) is 0 Å². The molecule has 3 heteroatoms. The highest BCUT2D eigenvalue weighted by Crippen LogP contribution is 2.50. The van der Waals surface area contributed by atoms with Crippen molar-refractivity contribution in [1.82, 2.24) is 0 Å². The van der Waals surface area contributed by atoms with Crippen LogP contribution in [0.2, 0.25) is 0 Å². The number of fused-ring (bicyclic) bond motifs is 5. The monoisotopic (exact) mass is 412 g/mol. The predicted octanol–water partition coefficient (Wildman–Crippen LogP) is 5.13. The van der Waals surface area contributed by atoms with E-state index in [9.17, 15) is 0 Å². The van der Waals surface area contributed by atoms with E-state index in [-0.39, 0.29) is 18.0 Å². The van der Waals surface area contributed by atoms with Crippen molar-refractivity contribution in [3.8, 4) is 23.0 Å². The fourth-order valence-electron chi connectivity index (χ4n) is 5.73. The van der Waals surface area contributed by atoms with Gasteiger partial charge in [0.05, 0.1) is 0 Å². The maximum Gasteiger partial charge on any atom is 0.260 e. The smallest absolute Gasteiger partial charge is 0.260 e. The molecule has 2 nitrogen and oxygen atoms in total. The molecule has 4 aliphatic rings. The van der Waals surface area contributed by atoms with E-state index in [0.29, 0.717) is 0 Å². The van der Waals surface area contributed by atoms with Gasteiger partial charge in [-0.25, -0.2) is 0 Å². The molecule has 2 unspecified atom stereocenters. The van der Waals surface area contributed by atoms with Gasteiger partial charge in [0.25, 0.3) is 6.71 Å². The van der Waals surface area contributed by atoms with Crippen LogP contribution in [0.1, 0.15) is 18.4 Å². The van der Waals surface area contributed by atoms with Crippen molar-refractivity contribution in [2.24, 2.45) is 5.41 Å². The number of hydrogen-bond donors (Lipinski definition) is 0. The van der Waals surface area contributed by atoms with Crippen LogP contribution in [-0.2, 0) is 0 Å². The van der Waals surface area contributed by atoms with Gasteiger partial charge in [-0.1, -0.05) is 85.9 Å². The van der Waals surface area contributed by atoms with Crippen molar-refractivity contribution < 1.29 is 9.47 Å². The quantitative estimate of drug-likeness (QED) is 0.356. The largest absolute Gasteiger partial charge is 0.458 e. The van der Waals surface area contributed by atoms with Gasteiger partial charge in [0, 0.05) is 16.8 Å². The van der Waals surface area contributed by atoms with Crippen molar-refractivity contribution in [3.05, 3.63) is 114 Å². The average molecular weight is 412 g/mol. The number of allylic oxidation sites excluding steroid dienone is 8. The number of ether oxygens (including phenoxy) is 2. The van der Waals surface area contributed by atoms with Crippen LogP contribution < -0.4 is 25.9 Å². The highest BCUT2D eigenvalue weighted by molar-refractivity contribution is 6.98. The molecule has 7 rings (SSSR count). The third-order valence-corrected chi connectivity index (χ3v) is 7.35. The third-order valence-electron chi connectivity index (χ3n) is 7.35. The second kappa shape index (κ2) is 6.40. The SMILES string of the molecule is CC12C=CC=CC1=CC=CC2c1cc2c3c(c1)Oc1ccccc1B3c1ccccc1O2. The first-order valence-electron chi connectivity index (χ1n) is 11.2. The second-order valence-corrected chi connectivity index (χ2v) is 9.13. The van der Waals surface area contributed by atoms with Gasteiger partial charge in [-0.15, -0.1) is 0 Å². The Balaban J connectivity index is 1.44. The van der Waals surface area contributed by atoms with E-state index in [4.69, 9.17) is 9.47 Å². The van der Waals surface area contributed by atoms with Crippen molar-refractivity contribution in [2.45, 2.75) is 12.8 Å². The van der Waals surface area contributed by atoms with Crippen LogP contribution in [0.3, 0.4) is 0 Å². The highest BCUT2D eigenvalue weighted by Gasteiger charge is 2.42. The van der Waals surface area contributed by atoms with Gasteiger partial charge in [0.2, 0.25) is 0 Å². The fourth-order valence-corrected chi connectivity index (χ4v) is 5.73. The Hall–Kier alpha value is -3.72. The van der Waals surface area contributed by atoms with Crippen LogP contribution in [0, 0.1) is 5.41 Å². The van der Waals surface area contributed by atoms with E-state index in [1.807, 2.05) is 12.1 Å². The Morgan fingerprint density at radius 2 is 1.44 bits per heavy atom. The summed E-state index contributed by atoms with van der Waals surface area (Å²) in [5, 5.41) is 0. The lowest BCUT2D eigenvalue weighted by Gasteiger charge is -2.40. The van der Waals surface area contributed by atoms with Crippen LogP contribution in [0.4, 0.5) is 0 Å². The Labute approximate surface area is 188 Å². The van der Waals surface area contributed by atoms with Crippen LogP contribution in [0.15, 0.2) is 109 Å². The van der Waals surface area contributed by atoms with Gasteiger partial charge >= 0.3 is 0 Å². The maximum absolute atomic E-state index is 6.49. The van der Waals surface area contributed by atoms with Crippen LogP contribution in [0.25, 0.3) is 0 Å². The van der Waals surface area contributed by atoms with Crippen molar-refractivity contribution in [3.63, 3.8) is 0 Å². The van der Waals surface area contributed by atoms with Gasteiger partial charge in [0.1, 0.15) is 23.0 Å². The molecular formula is C29H21BO2. The number of rotatable bonds is 1. The zero-order chi connectivity index (χ0) is 21.3. The molecule has 0 fully saturated rings. The second-order valence-electron chi connectivity index (χ2n) is 9.13. The minimum Gasteiger partial charge on any atom is -0.458 e. The molecule has 2 heterocycles. The van der Waals surface area contributed by atoms with Crippen LogP contribution in [-0.4, -0.2) is 6.71 Å². The lowest BCUT2D eigenvalue weighted by molar-refractivity contribution is 0.443. The molecule has 0 bridgehead atoms. The molecule has 2 aliphatic heterocycles. The lowest BCUT2D eigenvalue weighted by Crippen LogP contribution is -2.57. The van der Waals surface area contributed by atoms with Crippen LogP contribution in [0.5, 0.6) is 23.0 Å². The summed E-state index contributed by atoms with van der Waals surface area (Å²) in [6, 6.07) is 21.2. The number of para-hydroxylation sites is 2. The van der Waals surface area contributed by atoms with Crippen LogP contribution >= 0.6 is 0 Å². The summed E-state index contributed by atoms with van der Waals surface area (Å²) in [5.41, 5.74) is 5.96. The topological polar surface area (TPSA) is 18.5 Å².